The summed E-state index contributed by atoms with van der Waals surface area (Å²) in [5, 5.41) is 9.94. The molecule has 2 aromatic heterocycles. The Kier molecular flexibility index (Phi) is 3.71. The minimum absolute atomic E-state index is 0.0330. The van der Waals surface area contributed by atoms with Crippen LogP contribution in [0.15, 0.2) is 54.7 Å². The number of thiazole rings is 1. The van der Waals surface area contributed by atoms with Crippen molar-refractivity contribution in [2.24, 2.45) is 0 Å². The van der Waals surface area contributed by atoms with Crippen molar-refractivity contribution in [1.82, 2.24) is 9.38 Å². The van der Waals surface area contributed by atoms with E-state index in [1.54, 1.807) is 11.3 Å². The van der Waals surface area contributed by atoms with Gasteiger partial charge in [0.25, 0.3) is 0 Å². The molecule has 0 bridgehead atoms. The molecule has 2 aromatic carbocycles. The molecule has 0 fully saturated rings. The first-order chi connectivity index (χ1) is 11.7. The fraction of sp³-hybridized carbons (Fsp3) is 0.150. The first-order valence-corrected chi connectivity index (χ1v) is 8.73. The Morgan fingerprint density at radius 2 is 1.88 bits per heavy atom. The van der Waals surface area contributed by atoms with Crippen molar-refractivity contribution in [2.75, 3.05) is 0 Å². The summed E-state index contributed by atoms with van der Waals surface area (Å²) >= 11 is 1.65. The summed E-state index contributed by atoms with van der Waals surface area (Å²) in [5.41, 5.74) is 6.39. The van der Waals surface area contributed by atoms with Crippen LogP contribution in [0.2, 0.25) is 0 Å². The van der Waals surface area contributed by atoms with Crippen molar-refractivity contribution in [1.29, 1.82) is 0 Å². The van der Waals surface area contributed by atoms with Gasteiger partial charge in [-0.3, -0.25) is 4.40 Å². The predicted molar refractivity (Wildman–Crippen MR) is 99.3 cm³/mol. The van der Waals surface area contributed by atoms with E-state index in [4.69, 9.17) is 4.98 Å². The van der Waals surface area contributed by atoms with E-state index < -0.39 is 0 Å². The van der Waals surface area contributed by atoms with Crippen LogP contribution >= 0.6 is 11.3 Å². The smallest absolute Gasteiger partial charge is 0.195 e. The van der Waals surface area contributed by atoms with Crippen LogP contribution < -0.4 is 0 Å². The van der Waals surface area contributed by atoms with E-state index in [1.165, 1.54) is 16.7 Å². The topological polar surface area (TPSA) is 37.5 Å². The van der Waals surface area contributed by atoms with E-state index in [0.717, 1.165) is 26.8 Å². The maximum atomic E-state index is 9.94. The average molecular weight is 334 g/mol. The minimum Gasteiger partial charge on any atom is -0.390 e. The van der Waals surface area contributed by atoms with Crippen LogP contribution in [0.5, 0.6) is 0 Å². The lowest BCUT2D eigenvalue weighted by Crippen LogP contribution is -1.94. The lowest BCUT2D eigenvalue weighted by molar-refractivity contribution is 0.276. The van der Waals surface area contributed by atoms with Crippen LogP contribution in [0, 0.1) is 13.8 Å². The van der Waals surface area contributed by atoms with Gasteiger partial charge in [-0.25, -0.2) is 4.98 Å². The van der Waals surface area contributed by atoms with Gasteiger partial charge in [-0.2, -0.15) is 0 Å². The molecule has 0 saturated heterocycles. The normalized spacial score (nSPS) is 11.3. The Balaban J connectivity index is 1.88. The molecule has 0 aliphatic carbocycles. The van der Waals surface area contributed by atoms with Crippen molar-refractivity contribution >= 4 is 16.3 Å². The molecular weight excluding hydrogens is 316 g/mol. The van der Waals surface area contributed by atoms with Gasteiger partial charge in [0.15, 0.2) is 4.96 Å². The number of hydrogen-bond donors (Lipinski definition) is 1. The molecule has 3 nitrogen and oxygen atoms in total. The largest absolute Gasteiger partial charge is 0.390 e. The maximum absolute atomic E-state index is 9.94. The quantitative estimate of drug-likeness (QED) is 0.582. The highest BCUT2D eigenvalue weighted by atomic mass is 32.1. The van der Waals surface area contributed by atoms with Gasteiger partial charge >= 0.3 is 0 Å². The maximum Gasteiger partial charge on any atom is 0.195 e. The Morgan fingerprint density at radius 1 is 1.08 bits per heavy atom. The van der Waals surface area contributed by atoms with Crippen molar-refractivity contribution < 1.29 is 5.11 Å². The van der Waals surface area contributed by atoms with Crippen molar-refractivity contribution in [2.45, 2.75) is 20.5 Å². The van der Waals surface area contributed by atoms with Crippen molar-refractivity contribution in [3.63, 3.8) is 0 Å². The highest BCUT2D eigenvalue weighted by Gasteiger charge is 2.17. The first-order valence-electron chi connectivity index (χ1n) is 7.92. The van der Waals surface area contributed by atoms with Gasteiger partial charge in [0, 0.05) is 11.8 Å². The van der Waals surface area contributed by atoms with Crippen LogP contribution in [-0.4, -0.2) is 14.5 Å². The third-order valence-corrected chi connectivity index (χ3v) is 5.30. The van der Waals surface area contributed by atoms with Crippen molar-refractivity contribution in [3.05, 3.63) is 71.5 Å². The van der Waals surface area contributed by atoms with E-state index in [1.807, 2.05) is 22.6 Å². The number of benzene rings is 2. The Bertz CT molecular complexity index is 1010. The fourth-order valence-electron chi connectivity index (χ4n) is 3.07. The average Bonchev–Trinajstić information content (AvgIpc) is 3.13. The summed E-state index contributed by atoms with van der Waals surface area (Å²) in [6.07, 6.45) is 2.07. The van der Waals surface area contributed by atoms with E-state index in [9.17, 15) is 5.11 Å². The monoisotopic (exact) mass is 334 g/mol. The predicted octanol–water partition coefficient (Wildman–Crippen LogP) is 4.84. The zero-order chi connectivity index (χ0) is 16.7. The molecule has 120 valence electrons. The first kappa shape index (κ1) is 15.1. The molecule has 0 amide bonds. The molecule has 0 atom stereocenters. The van der Waals surface area contributed by atoms with Crippen LogP contribution in [0.1, 0.15) is 16.8 Å². The lowest BCUT2D eigenvalue weighted by Gasteiger charge is -2.06. The van der Waals surface area contributed by atoms with Gasteiger partial charge in [0.2, 0.25) is 0 Å². The second kappa shape index (κ2) is 5.89. The molecule has 24 heavy (non-hydrogen) atoms. The molecule has 4 rings (SSSR count). The number of aromatic nitrogens is 2. The van der Waals surface area contributed by atoms with Crippen LogP contribution in [0.4, 0.5) is 0 Å². The van der Waals surface area contributed by atoms with Gasteiger partial charge < -0.3 is 5.11 Å². The summed E-state index contributed by atoms with van der Waals surface area (Å²) in [6, 6.07) is 16.6. The van der Waals surface area contributed by atoms with Gasteiger partial charge in [0.1, 0.15) is 0 Å². The lowest BCUT2D eigenvalue weighted by atomic mass is 10.0. The second-order valence-corrected chi connectivity index (χ2v) is 7.01. The molecule has 1 N–H and O–H groups in total. The van der Waals surface area contributed by atoms with Crippen LogP contribution in [0.25, 0.3) is 26.7 Å². The summed E-state index contributed by atoms with van der Waals surface area (Å²) in [5.74, 6) is 0. The van der Waals surface area contributed by atoms with E-state index in [0.29, 0.717) is 0 Å². The number of aryl methyl sites for hydroxylation is 2. The number of aliphatic hydroxyl groups is 1. The fourth-order valence-corrected chi connectivity index (χ4v) is 4.08. The summed E-state index contributed by atoms with van der Waals surface area (Å²) < 4.78 is 2.02. The zero-order valence-electron chi connectivity index (χ0n) is 13.7. The van der Waals surface area contributed by atoms with Gasteiger partial charge in [0.05, 0.1) is 22.9 Å². The van der Waals surface area contributed by atoms with Gasteiger partial charge in [-0.05, 0) is 25.0 Å². The molecule has 4 heteroatoms. The van der Waals surface area contributed by atoms with Gasteiger partial charge in [-0.1, -0.05) is 65.4 Å². The molecule has 0 saturated carbocycles. The Morgan fingerprint density at radius 3 is 2.58 bits per heavy atom. The Hall–Kier alpha value is -2.43. The zero-order valence-corrected chi connectivity index (χ0v) is 14.5. The van der Waals surface area contributed by atoms with Gasteiger partial charge in [-0.15, -0.1) is 0 Å². The number of nitrogens with zero attached hydrogens (tertiary/aromatic N) is 2. The molecule has 0 radical (unpaired) electrons. The molecule has 0 spiro atoms. The van der Waals surface area contributed by atoms with Crippen molar-refractivity contribution in [3.8, 4) is 21.7 Å². The number of fused-ring (bicyclic) bond motifs is 1. The molecule has 0 aliphatic heterocycles. The summed E-state index contributed by atoms with van der Waals surface area (Å²) in [6.45, 7) is 4.14. The summed E-state index contributed by atoms with van der Waals surface area (Å²) in [7, 11) is 0. The Labute approximate surface area is 144 Å². The van der Waals surface area contributed by atoms with Crippen LogP contribution in [0.3, 0.4) is 0 Å². The van der Waals surface area contributed by atoms with E-state index in [2.05, 4.69) is 50.4 Å². The number of hydrogen-bond acceptors (Lipinski definition) is 3. The van der Waals surface area contributed by atoms with Crippen LogP contribution in [-0.2, 0) is 6.61 Å². The molecule has 0 aliphatic rings. The molecular formula is C20H18N2OS. The molecule has 4 aromatic rings. The second-order valence-electron chi connectivity index (χ2n) is 6.00. The number of aliphatic hydroxyl groups excluding tert-OH is 1. The summed E-state index contributed by atoms with van der Waals surface area (Å²) in [4.78, 5) is 6.87. The highest BCUT2D eigenvalue weighted by Crippen LogP contribution is 2.34. The standard InChI is InChI=1S/C20H18N2OS/c1-13-8-9-16(14(2)10-13)19-17(12-23)22-11-18(24-20(22)21-19)15-6-4-3-5-7-15/h3-11,23H,12H2,1-2H3. The highest BCUT2D eigenvalue weighted by molar-refractivity contribution is 7.20. The van der Waals surface area contributed by atoms with E-state index >= 15 is 0 Å². The van der Waals surface area contributed by atoms with E-state index in [-0.39, 0.29) is 6.61 Å². The number of rotatable bonds is 3. The third kappa shape index (κ3) is 2.44. The molecule has 0 unspecified atom stereocenters. The third-order valence-electron chi connectivity index (χ3n) is 4.27. The number of imidazole rings is 1. The SMILES string of the molecule is Cc1ccc(-c2nc3sc(-c4ccccc4)cn3c2CO)c(C)c1. The molecule has 2 heterocycles. The minimum atomic E-state index is -0.0330.